The Morgan fingerprint density at radius 1 is 1.42 bits per heavy atom. The Morgan fingerprint density at radius 3 is 2.89 bits per heavy atom. The second-order valence-electron chi connectivity index (χ2n) is 3.85. The molecule has 6 heteroatoms. The molecule has 2 rings (SSSR count). The number of carbonyl (C=O) groups excluding carboxylic acids is 1. The number of carbonyl (C=O) groups is 1. The lowest BCUT2D eigenvalue weighted by Gasteiger charge is -2.08. The van der Waals surface area contributed by atoms with Gasteiger partial charge in [-0.05, 0) is 28.1 Å². The summed E-state index contributed by atoms with van der Waals surface area (Å²) in [5, 5.41) is 12.7. The second kappa shape index (κ2) is 6.04. The molecule has 0 spiro atoms. The summed E-state index contributed by atoms with van der Waals surface area (Å²) in [5.41, 5.74) is 1.05. The van der Waals surface area contributed by atoms with Crippen molar-refractivity contribution < 1.29 is 9.90 Å². The lowest BCUT2D eigenvalue weighted by Crippen LogP contribution is -2.15. The van der Waals surface area contributed by atoms with E-state index in [9.17, 15) is 9.90 Å². The first-order valence-corrected chi connectivity index (χ1v) is 6.61. The van der Waals surface area contributed by atoms with E-state index in [-0.39, 0.29) is 18.1 Å². The van der Waals surface area contributed by atoms with Crippen LogP contribution in [-0.2, 0) is 11.2 Å². The number of hydrogen-bond donors (Lipinski definition) is 2. The first kappa shape index (κ1) is 13.8. The molecule has 0 aliphatic rings. The fraction of sp³-hybridized carbons (Fsp3) is 0.0769. The fourth-order valence-corrected chi connectivity index (χ4v) is 2.01. The average molecular weight is 342 g/mol. The van der Waals surface area contributed by atoms with Crippen molar-refractivity contribution in [3.8, 4) is 5.75 Å². The first-order chi connectivity index (χ1) is 9.06. The van der Waals surface area contributed by atoms with Crippen LogP contribution in [0.1, 0.15) is 5.56 Å². The standard InChI is InChI=1S/C13H10BrClN2O2/c14-13-10(6-9(15)7-16-13)17-12(19)5-8-3-1-2-4-11(8)18/h1-4,6-7,18H,5H2,(H,17,19). The molecule has 98 valence electrons. The van der Waals surface area contributed by atoms with Crippen LogP contribution < -0.4 is 5.32 Å². The number of rotatable bonds is 3. The van der Waals surface area contributed by atoms with Crippen LogP contribution in [0.2, 0.25) is 5.02 Å². The summed E-state index contributed by atoms with van der Waals surface area (Å²) >= 11 is 9.04. The number of nitrogens with zero attached hydrogens (tertiary/aromatic N) is 1. The van der Waals surface area contributed by atoms with E-state index in [0.717, 1.165) is 0 Å². The molecule has 1 heterocycles. The molecule has 0 fully saturated rings. The zero-order valence-corrected chi connectivity index (χ0v) is 12.1. The van der Waals surface area contributed by atoms with Crippen molar-refractivity contribution in [3.05, 3.63) is 51.7 Å². The summed E-state index contributed by atoms with van der Waals surface area (Å²) in [6, 6.07) is 8.30. The molecule has 0 bridgehead atoms. The second-order valence-corrected chi connectivity index (χ2v) is 5.03. The summed E-state index contributed by atoms with van der Waals surface area (Å²) in [4.78, 5) is 15.9. The van der Waals surface area contributed by atoms with Crippen LogP contribution in [0.5, 0.6) is 5.75 Å². The molecule has 0 aliphatic heterocycles. The SMILES string of the molecule is O=C(Cc1ccccc1O)Nc1cc(Cl)cnc1Br. The van der Waals surface area contributed by atoms with Gasteiger partial charge in [0.05, 0.1) is 17.1 Å². The smallest absolute Gasteiger partial charge is 0.229 e. The lowest BCUT2D eigenvalue weighted by atomic mass is 10.1. The van der Waals surface area contributed by atoms with E-state index >= 15 is 0 Å². The Hall–Kier alpha value is -1.59. The van der Waals surface area contributed by atoms with Crippen molar-refractivity contribution in [2.24, 2.45) is 0 Å². The lowest BCUT2D eigenvalue weighted by molar-refractivity contribution is -0.115. The molecule has 0 aliphatic carbocycles. The van der Waals surface area contributed by atoms with Crippen molar-refractivity contribution in [2.75, 3.05) is 5.32 Å². The Balaban J connectivity index is 2.10. The number of nitrogens with one attached hydrogen (secondary N) is 1. The Bertz CT molecular complexity index is 619. The van der Waals surface area contributed by atoms with Gasteiger partial charge in [0.15, 0.2) is 0 Å². The normalized spacial score (nSPS) is 10.2. The van der Waals surface area contributed by atoms with Gasteiger partial charge in [-0.3, -0.25) is 4.79 Å². The van der Waals surface area contributed by atoms with Crippen molar-refractivity contribution in [2.45, 2.75) is 6.42 Å². The minimum atomic E-state index is -0.258. The van der Waals surface area contributed by atoms with Gasteiger partial charge in [0.1, 0.15) is 10.4 Å². The largest absolute Gasteiger partial charge is 0.508 e. The number of phenols is 1. The van der Waals surface area contributed by atoms with E-state index < -0.39 is 0 Å². The summed E-state index contributed by atoms with van der Waals surface area (Å²) in [6.45, 7) is 0. The monoisotopic (exact) mass is 340 g/mol. The Kier molecular flexibility index (Phi) is 4.39. The summed E-state index contributed by atoms with van der Waals surface area (Å²) in [6.07, 6.45) is 1.55. The topological polar surface area (TPSA) is 62.2 Å². The predicted molar refractivity (Wildman–Crippen MR) is 77.4 cm³/mol. The molecule has 2 aromatic rings. The van der Waals surface area contributed by atoms with Crippen molar-refractivity contribution in [1.82, 2.24) is 4.98 Å². The van der Waals surface area contributed by atoms with Gasteiger partial charge in [0.2, 0.25) is 5.91 Å². The number of halogens is 2. The minimum absolute atomic E-state index is 0.0750. The molecular formula is C13H10BrClN2O2. The van der Waals surface area contributed by atoms with Gasteiger partial charge in [0, 0.05) is 11.8 Å². The van der Waals surface area contributed by atoms with E-state index in [1.165, 1.54) is 6.20 Å². The Morgan fingerprint density at radius 2 is 2.16 bits per heavy atom. The van der Waals surface area contributed by atoms with Crippen molar-refractivity contribution in [3.63, 3.8) is 0 Å². The van der Waals surface area contributed by atoms with Crippen LogP contribution >= 0.6 is 27.5 Å². The number of anilines is 1. The van der Waals surface area contributed by atoms with E-state index in [4.69, 9.17) is 11.6 Å². The number of aromatic hydroxyl groups is 1. The summed E-state index contributed by atoms with van der Waals surface area (Å²) in [7, 11) is 0. The summed E-state index contributed by atoms with van der Waals surface area (Å²) in [5.74, 6) is -0.160. The van der Waals surface area contributed by atoms with Gasteiger partial charge < -0.3 is 10.4 Å². The fourth-order valence-electron chi connectivity index (χ4n) is 1.54. The van der Waals surface area contributed by atoms with E-state index in [1.807, 2.05) is 0 Å². The molecular weight excluding hydrogens is 332 g/mol. The maximum Gasteiger partial charge on any atom is 0.229 e. The van der Waals surface area contributed by atoms with E-state index in [0.29, 0.717) is 20.9 Å². The van der Waals surface area contributed by atoms with Crippen LogP contribution in [0.3, 0.4) is 0 Å². The molecule has 1 amide bonds. The molecule has 0 radical (unpaired) electrons. The number of benzene rings is 1. The Labute approximate surface area is 123 Å². The van der Waals surface area contributed by atoms with E-state index in [2.05, 4.69) is 26.2 Å². The van der Waals surface area contributed by atoms with Crippen LogP contribution in [0.4, 0.5) is 5.69 Å². The third-order valence-electron chi connectivity index (χ3n) is 2.42. The maximum atomic E-state index is 11.9. The van der Waals surface area contributed by atoms with Gasteiger partial charge in [-0.25, -0.2) is 4.98 Å². The number of phenolic OH excluding ortho intramolecular Hbond substituents is 1. The number of amides is 1. The van der Waals surface area contributed by atoms with Crippen LogP contribution in [-0.4, -0.2) is 16.0 Å². The third kappa shape index (κ3) is 3.68. The van der Waals surface area contributed by atoms with Crippen LogP contribution in [0.15, 0.2) is 41.1 Å². The average Bonchev–Trinajstić information content (AvgIpc) is 2.37. The van der Waals surface area contributed by atoms with Gasteiger partial charge in [-0.1, -0.05) is 29.8 Å². The number of hydrogen-bond acceptors (Lipinski definition) is 3. The van der Waals surface area contributed by atoms with Gasteiger partial charge in [-0.2, -0.15) is 0 Å². The number of aromatic nitrogens is 1. The highest BCUT2D eigenvalue weighted by molar-refractivity contribution is 9.10. The van der Waals surface area contributed by atoms with Crippen molar-refractivity contribution in [1.29, 1.82) is 0 Å². The van der Waals surface area contributed by atoms with Gasteiger partial charge >= 0.3 is 0 Å². The quantitative estimate of drug-likeness (QED) is 0.841. The molecule has 2 N–H and O–H groups in total. The molecule has 19 heavy (non-hydrogen) atoms. The van der Waals surface area contributed by atoms with Crippen LogP contribution in [0, 0.1) is 0 Å². The molecule has 0 unspecified atom stereocenters. The van der Waals surface area contributed by atoms with Crippen LogP contribution in [0.25, 0.3) is 0 Å². The van der Waals surface area contributed by atoms with Gasteiger partial charge in [-0.15, -0.1) is 0 Å². The molecule has 4 nitrogen and oxygen atoms in total. The minimum Gasteiger partial charge on any atom is -0.508 e. The molecule has 0 saturated heterocycles. The third-order valence-corrected chi connectivity index (χ3v) is 3.26. The zero-order chi connectivity index (χ0) is 13.8. The number of para-hydroxylation sites is 1. The molecule has 1 aromatic carbocycles. The maximum absolute atomic E-state index is 11.9. The van der Waals surface area contributed by atoms with Crippen molar-refractivity contribution >= 4 is 39.1 Å². The first-order valence-electron chi connectivity index (χ1n) is 5.44. The van der Waals surface area contributed by atoms with Gasteiger partial charge in [0.25, 0.3) is 0 Å². The predicted octanol–water partition coefficient (Wildman–Crippen LogP) is 3.38. The number of pyridine rings is 1. The molecule has 0 atom stereocenters. The molecule has 0 saturated carbocycles. The molecule has 1 aromatic heterocycles. The highest BCUT2D eigenvalue weighted by Crippen LogP contribution is 2.24. The highest BCUT2D eigenvalue weighted by atomic mass is 79.9. The highest BCUT2D eigenvalue weighted by Gasteiger charge is 2.10. The summed E-state index contributed by atoms with van der Waals surface area (Å²) < 4.78 is 0.502. The zero-order valence-electron chi connectivity index (χ0n) is 9.73. The van der Waals surface area contributed by atoms with E-state index in [1.54, 1.807) is 30.3 Å².